The van der Waals surface area contributed by atoms with Crippen LogP contribution in [0.25, 0.3) is 16.9 Å². The van der Waals surface area contributed by atoms with Gasteiger partial charge in [-0.2, -0.15) is 5.10 Å². The number of rotatable bonds is 3. The Kier molecular flexibility index (Phi) is 3.62. The van der Waals surface area contributed by atoms with Gasteiger partial charge in [0.05, 0.1) is 30.3 Å². The standard InChI is InChI=1S/C15H12BrN3O2/c1-21-12-4-2-3-11(8-12)19-14(5-6-18-19)13-7-10(16)9-17-15(13)20/h2-9H,1H3,(H,17,20). The Bertz CT molecular complexity index is 839. The molecule has 3 aromatic rings. The number of pyridine rings is 1. The monoisotopic (exact) mass is 345 g/mol. The quantitative estimate of drug-likeness (QED) is 0.793. The first-order chi connectivity index (χ1) is 10.2. The Morgan fingerprint density at radius 1 is 1.29 bits per heavy atom. The van der Waals surface area contributed by atoms with Crippen LogP contribution in [-0.2, 0) is 0 Å². The van der Waals surface area contributed by atoms with Crippen molar-refractivity contribution in [2.75, 3.05) is 7.11 Å². The molecule has 6 heteroatoms. The van der Waals surface area contributed by atoms with E-state index in [0.29, 0.717) is 11.3 Å². The summed E-state index contributed by atoms with van der Waals surface area (Å²) in [6, 6.07) is 11.1. The molecule has 2 heterocycles. The van der Waals surface area contributed by atoms with Gasteiger partial charge in [0.1, 0.15) is 5.75 Å². The fraction of sp³-hybridized carbons (Fsp3) is 0.0667. The van der Waals surface area contributed by atoms with Crippen molar-refractivity contribution < 1.29 is 4.74 Å². The summed E-state index contributed by atoms with van der Waals surface area (Å²) in [5.74, 6) is 0.733. The van der Waals surface area contributed by atoms with Crippen molar-refractivity contribution in [2.24, 2.45) is 0 Å². The number of methoxy groups -OCH3 is 1. The lowest BCUT2D eigenvalue weighted by atomic mass is 10.2. The minimum Gasteiger partial charge on any atom is -0.497 e. The van der Waals surface area contributed by atoms with Crippen molar-refractivity contribution in [3.63, 3.8) is 0 Å². The molecule has 106 valence electrons. The van der Waals surface area contributed by atoms with E-state index in [1.54, 1.807) is 36.3 Å². The summed E-state index contributed by atoms with van der Waals surface area (Å²) in [5, 5.41) is 4.30. The molecule has 0 amide bonds. The van der Waals surface area contributed by atoms with Crippen molar-refractivity contribution in [3.05, 3.63) is 63.6 Å². The molecule has 1 N–H and O–H groups in total. The fourth-order valence-corrected chi connectivity index (χ4v) is 2.45. The number of benzene rings is 1. The van der Waals surface area contributed by atoms with Crippen molar-refractivity contribution in [1.82, 2.24) is 14.8 Å². The Balaban J connectivity index is 2.17. The molecule has 0 saturated heterocycles. The lowest BCUT2D eigenvalue weighted by Crippen LogP contribution is -2.10. The summed E-state index contributed by atoms with van der Waals surface area (Å²) in [5.41, 5.74) is 1.92. The summed E-state index contributed by atoms with van der Waals surface area (Å²) < 4.78 is 7.73. The number of hydrogen-bond acceptors (Lipinski definition) is 3. The summed E-state index contributed by atoms with van der Waals surface area (Å²) in [6.07, 6.45) is 3.27. The number of hydrogen-bond donors (Lipinski definition) is 1. The van der Waals surface area contributed by atoms with Gasteiger partial charge in [-0.1, -0.05) is 6.07 Å². The number of H-pyrrole nitrogens is 1. The van der Waals surface area contributed by atoms with E-state index in [4.69, 9.17) is 4.74 Å². The molecule has 0 aliphatic heterocycles. The largest absolute Gasteiger partial charge is 0.497 e. The molecule has 2 aromatic heterocycles. The molecule has 0 aliphatic carbocycles. The molecule has 0 bridgehead atoms. The maximum atomic E-state index is 12.0. The van der Waals surface area contributed by atoms with Crippen LogP contribution < -0.4 is 10.3 Å². The van der Waals surface area contributed by atoms with E-state index in [0.717, 1.165) is 15.9 Å². The van der Waals surface area contributed by atoms with Crippen LogP contribution in [0.1, 0.15) is 0 Å². The van der Waals surface area contributed by atoms with Crippen LogP contribution >= 0.6 is 15.9 Å². The van der Waals surface area contributed by atoms with E-state index in [-0.39, 0.29) is 5.56 Å². The van der Waals surface area contributed by atoms with Crippen molar-refractivity contribution >= 4 is 15.9 Å². The SMILES string of the molecule is COc1cccc(-n2nccc2-c2cc(Br)c[nH]c2=O)c1. The highest BCUT2D eigenvalue weighted by atomic mass is 79.9. The maximum absolute atomic E-state index is 12.0. The molecule has 5 nitrogen and oxygen atoms in total. The van der Waals surface area contributed by atoms with Crippen molar-refractivity contribution in [3.8, 4) is 22.7 Å². The number of aromatic nitrogens is 3. The predicted octanol–water partition coefficient (Wildman–Crippen LogP) is 3.00. The molecular formula is C15H12BrN3O2. The van der Waals surface area contributed by atoms with Gasteiger partial charge in [0.25, 0.3) is 5.56 Å². The van der Waals surface area contributed by atoms with E-state index in [9.17, 15) is 4.79 Å². The Hall–Kier alpha value is -2.34. The first kappa shape index (κ1) is 13.6. The van der Waals surface area contributed by atoms with Crippen LogP contribution in [0.3, 0.4) is 0 Å². The first-order valence-corrected chi connectivity index (χ1v) is 7.05. The van der Waals surface area contributed by atoms with Crippen LogP contribution in [-0.4, -0.2) is 21.9 Å². The zero-order chi connectivity index (χ0) is 14.8. The Morgan fingerprint density at radius 3 is 2.95 bits per heavy atom. The molecule has 3 rings (SSSR count). The summed E-state index contributed by atoms with van der Waals surface area (Å²) >= 11 is 3.37. The topological polar surface area (TPSA) is 59.9 Å². The third-order valence-corrected chi connectivity index (χ3v) is 3.54. The molecule has 0 fully saturated rings. The van der Waals surface area contributed by atoms with Crippen LogP contribution in [0.15, 0.2) is 58.1 Å². The smallest absolute Gasteiger partial charge is 0.257 e. The predicted molar refractivity (Wildman–Crippen MR) is 83.9 cm³/mol. The van der Waals surface area contributed by atoms with Crippen LogP contribution in [0.4, 0.5) is 0 Å². The molecule has 0 saturated carbocycles. The highest BCUT2D eigenvalue weighted by Crippen LogP contribution is 2.23. The molecule has 0 atom stereocenters. The number of nitrogens with one attached hydrogen (secondary N) is 1. The van der Waals surface area contributed by atoms with Gasteiger partial charge in [0.15, 0.2) is 0 Å². The second-order valence-corrected chi connectivity index (χ2v) is 5.31. The van der Waals surface area contributed by atoms with Gasteiger partial charge in [0, 0.05) is 16.7 Å². The molecule has 0 spiro atoms. The Morgan fingerprint density at radius 2 is 2.14 bits per heavy atom. The summed E-state index contributed by atoms with van der Waals surface area (Å²) in [4.78, 5) is 14.7. The highest BCUT2D eigenvalue weighted by Gasteiger charge is 2.12. The second kappa shape index (κ2) is 5.57. The zero-order valence-corrected chi connectivity index (χ0v) is 12.8. The van der Waals surface area contributed by atoms with Gasteiger partial charge < -0.3 is 9.72 Å². The van der Waals surface area contributed by atoms with Gasteiger partial charge in [-0.3, -0.25) is 4.79 Å². The van der Waals surface area contributed by atoms with E-state index in [1.165, 1.54) is 0 Å². The second-order valence-electron chi connectivity index (χ2n) is 4.39. The molecular weight excluding hydrogens is 334 g/mol. The maximum Gasteiger partial charge on any atom is 0.257 e. The highest BCUT2D eigenvalue weighted by molar-refractivity contribution is 9.10. The average molecular weight is 346 g/mol. The van der Waals surface area contributed by atoms with E-state index in [2.05, 4.69) is 26.0 Å². The lowest BCUT2D eigenvalue weighted by Gasteiger charge is -2.09. The van der Waals surface area contributed by atoms with Crippen LogP contribution in [0.2, 0.25) is 0 Å². The van der Waals surface area contributed by atoms with Crippen LogP contribution in [0.5, 0.6) is 5.75 Å². The first-order valence-electron chi connectivity index (χ1n) is 6.26. The Labute approximate surface area is 129 Å². The van der Waals surface area contributed by atoms with Gasteiger partial charge in [-0.05, 0) is 40.2 Å². The number of nitrogens with zero attached hydrogens (tertiary/aromatic N) is 2. The minimum atomic E-state index is -0.164. The number of halogens is 1. The van der Waals surface area contributed by atoms with Crippen molar-refractivity contribution in [2.45, 2.75) is 0 Å². The molecule has 1 aromatic carbocycles. The number of ether oxygens (including phenoxy) is 1. The minimum absolute atomic E-state index is 0.164. The third kappa shape index (κ3) is 2.62. The van der Waals surface area contributed by atoms with E-state index in [1.807, 2.05) is 24.3 Å². The average Bonchev–Trinajstić information content (AvgIpc) is 2.99. The fourth-order valence-electron chi connectivity index (χ4n) is 2.10. The normalized spacial score (nSPS) is 10.6. The molecule has 0 aliphatic rings. The molecule has 21 heavy (non-hydrogen) atoms. The lowest BCUT2D eigenvalue weighted by molar-refractivity contribution is 0.414. The van der Waals surface area contributed by atoms with E-state index < -0.39 is 0 Å². The summed E-state index contributed by atoms with van der Waals surface area (Å²) in [7, 11) is 1.61. The summed E-state index contributed by atoms with van der Waals surface area (Å²) in [6.45, 7) is 0. The van der Waals surface area contributed by atoms with E-state index >= 15 is 0 Å². The number of aromatic amines is 1. The molecule has 0 unspecified atom stereocenters. The van der Waals surface area contributed by atoms with Gasteiger partial charge in [-0.25, -0.2) is 4.68 Å². The van der Waals surface area contributed by atoms with Gasteiger partial charge >= 0.3 is 0 Å². The van der Waals surface area contributed by atoms with Crippen LogP contribution in [0, 0.1) is 0 Å². The molecule has 0 radical (unpaired) electrons. The zero-order valence-electron chi connectivity index (χ0n) is 11.2. The third-order valence-electron chi connectivity index (χ3n) is 3.08. The van der Waals surface area contributed by atoms with Crippen molar-refractivity contribution in [1.29, 1.82) is 0 Å². The van der Waals surface area contributed by atoms with Gasteiger partial charge in [0.2, 0.25) is 0 Å². The van der Waals surface area contributed by atoms with Gasteiger partial charge in [-0.15, -0.1) is 0 Å².